The molecule has 1 unspecified atom stereocenters. The number of unbranched alkanes of at least 4 members (excludes halogenated alkanes) is 20. The van der Waals surface area contributed by atoms with Gasteiger partial charge in [-0.05, 0) is 89.9 Å². The molecule has 0 bridgehead atoms. The first kappa shape index (κ1) is 60.8. The molecule has 65 heavy (non-hydrogen) atoms. The van der Waals surface area contributed by atoms with E-state index in [0.717, 1.165) is 96.3 Å². The number of hydrogen-bond acceptors (Lipinski definition) is 6. The Labute approximate surface area is 399 Å². The Morgan fingerprint density at radius 3 is 1.14 bits per heavy atom. The monoisotopic (exact) mass is 899 g/mol. The van der Waals surface area contributed by atoms with E-state index in [0.29, 0.717) is 19.3 Å². The Bertz CT molecular complexity index is 1400. The highest BCUT2D eigenvalue weighted by molar-refractivity contribution is 5.71. The first-order valence-corrected chi connectivity index (χ1v) is 26.1. The third-order valence-electron chi connectivity index (χ3n) is 10.6. The van der Waals surface area contributed by atoms with Crippen LogP contribution in [0, 0.1) is 0 Å². The van der Waals surface area contributed by atoms with E-state index in [4.69, 9.17) is 14.2 Å². The minimum absolute atomic E-state index is 0.104. The van der Waals surface area contributed by atoms with Gasteiger partial charge in [0.1, 0.15) is 13.2 Å². The van der Waals surface area contributed by atoms with E-state index in [1.165, 1.54) is 77.0 Å². The maximum Gasteiger partial charge on any atom is 0.306 e. The molecule has 0 aromatic heterocycles. The zero-order valence-electron chi connectivity index (χ0n) is 41.7. The van der Waals surface area contributed by atoms with E-state index in [2.05, 4.69) is 69.4 Å². The van der Waals surface area contributed by atoms with E-state index < -0.39 is 6.10 Å². The van der Waals surface area contributed by atoms with Gasteiger partial charge < -0.3 is 14.2 Å². The van der Waals surface area contributed by atoms with Crippen molar-refractivity contribution in [3.8, 4) is 0 Å². The zero-order valence-corrected chi connectivity index (χ0v) is 41.7. The Kier molecular flexibility index (Phi) is 49.1. The molecule has 0 aliphatic carbocycles. The van der Waals surface area contributed by atoms with E-state index in [9.17, 15) is 14.4 Å². The van der Waals surface area contributed by atoms with Gasteiger partial charge >= 0.3 is 17.9 Å². The molecule has 366 valence electrons. The SMILES string of the molecule is CC\C=C/C=C\C=C/C=C\C=C\C=C/C=C\CCCCCC(=O)OCC(COC(=O)CCCCCCC/C=C\CCCC)OC(=O)CCCCCCCCC/C=C\C/C=C\CCCCC. The summed E-state index contributed by atoms with van der Waals surface area (Å²) in [5.41, 5.74) is 0. The molecule has 0 amide bonds. The first-order valence-electron chi connectivity index (χ1n) is 26.1. The number of allylic oxidation sites excluding steroid dienone is 20. The van der Waals surface area contributed by atoms with Crippen LogP contribution < -0.4 is 0 Å². The molecule has 0 radical (unpaired) electrons. The maximum absolute atomic E-state index is 12.8. The first-order chi connectivity index (χ1) is 32.0. The van der Waals surface area contributed by atoms with Crippen molar-refractivity contribution in [3.05, 3.63) is 122 Å². The molecule has 0 aliphatic heterocycles. The molecule has 0 saturated heterocycles. The Balaban J connectivity index is 4.51. The number of carbonyl (C=O) groups is 3. The van der Waals surface area contributed by atoms with Gasteiger partial charge in [-0.25, -0.2) is 0 Å². The average Bonchev–Trinajstić information content (AvgIpc) is 3.30. The van der Waals surface area contributed by atoms with Gasteiger partial charge in [0.25, 0.3) is 0 Å². The number of rotatable bonds is 45. The fraction of sp³-hybridized carbons (Fsp3) is 0.610. The molecule has 0 aromatic rings. The Morgan fingerprint density at radius 1 is 0.338 bits per heavy atom. The second kappa shape index (κ2) is 52.4. The fourth-order valence-corrected chi connectivity index (χ4v) is 6.67. The van der Waals surface area contributed by atoms with Gasteiger partial charge in [0.15, 0.2) is 6.10 Å². The highest BCUT2D eigenvalue weighted by Gasteiger charge is 2.19. The van der Waals surface area contributed by atoms with Gasteiger partial charge in [-0.15, -0.1) is 0 Å². The molecule has 0 aromatic carbocycles. The van der Waals surface area contributed by atoms with Crippen LogP contribution in [0.2, 0.25) is 0 Å². The third kappa shape index (κ3) is 50.7. The molecule has 0 rings (SSSR count). The van der Waals surface area contributed by atoms with Crippen molar-refractivity contribution in [3.63, 3.8) is 0 Å². The summed E-state index contributed by atoms with van der Waals surface area (Å²) >= 11 is 0. The normalized spacial score (nSPS) is 13.1. The number of ether oxygens (including phenoxy) is 3. The lowest BCUT2D eigenvalue weighted by atomic mass is 10.1. The Hall–Kier alpha value is -4.19. The van der Waals surface area contributed by atoms with Gasteiger partial charge in [-0.3, -0.25) is 14.4 Å². The number of carbonyl (C=O) groups excluding carboxylic acids is 3. The van der Waals surface area contributed by atoms with Crippen LogP contribution in [0.5, 0.6) is 0 Å². The minimum atomic E-state index is -0.807. The molecule has 0 aliphatic rings. The molecule has 6 nitrogen and oxygen atoms in total. The van der Waals surface area contributed by atoms with E-state index in [-0.39, 0.29) is 31.1 Å². The molecular weight excluding hydrogens is 805 g/mol. The third-order valence-corrected chi connectivity index (χ3v) is 10.6. The van der Waals surface area contributed by atoms with Crippen LogP contribution in [0.4, 0.5) is 0 Å². The smallest absolute Gasteiger partial charge is 0.306 e. The molecule has 0 spiro atoms. The fourth-order valence-electron chi connectivity index (χ4n) is 6.67. The molecule has 0 N–H and O–H groups in total. The van der Waals surface area contributed by atoms with Crippen LogP contribution in [-0.4, -0.2) is 37.2 Å². The van der Waals surface area contributed by atoms with Crippen molar-refractivity contribution >= 4 is 17.9 Å². The predicted molar refractivity (Wildman–Crippen MR) is 279 cm³/mol. The second-order valence-electron chi connectivity index (χ2n) is 16.9. The summed E-state index contributed by atoms with van der Waals surface area (Å²) in [5, 5.41) is 0. The van der Waals surface area contributed by atoms with Crippen molar-refractivity contribution in [2.24, 2.45) is 0 Å². The summed E-state index contributed by atoms with van der Waals surface area (Å²) in [6.45, 7) is 6.36. The van der Waals surface area contributed by atoms with Crippen molar-refractivity contribution in [1.29, 1.82) is 0 Å². The van der Waals surface area contributed by atoms with Crippen LogP contribution in [0.25, 0.3) is 0 Å². The predicted octanol–water partition coefficient (Wildman–Crippen LogP) is 17.3. The lowest BCUT2D eigenvalue weighted by Crippen LogP contribution is -2.30. The van der Waals surface area contributed by atoms with E-state index in [1.807, 2.05) is 72.9 Å². The zero-order chi connectivity index (χ0) is 47.2. The topological polar surface area (TPSA) is 78.9 Å². The lowest BCUT2D eigenvalue weighted by Gasteiger charge is -2.18. The van der Waals surface area contributed by atoms with Gasteiger partial charge in [0.05, 0.1) is 0 Å². The van der Waals surface area contributed by atoms with Gasteiger partial charge in [0, 0.05) is 19.3 Å². The molecule has 0 saturated carbocycles. The average molecular weight is 899 g/mol. The summed E-state index contributed by atoms with van der Waals surface area (Å²) in [4.78, 5) is 38.0. The van der Waals surface area contributed by atoms with Crippen molar-refractivity contribution in [1.82, 2.24) is 0 Å². The van der Waals surface area contributed by atoms with Crippen molar-refractivity contribution < 1.29 is 28.6 Å². The van der Waals surface area contributed by atoms with E-state index >= 15 is 0 Å². The largest absolute Gasteiger partial charge is 0.462 e. The van der Waals surface area contributed by atoms with Gasteiger partial charge in [0.2, 0.25) is 0 Å². The summed E-state index contributed by atoms with van der Waals surface area (Å²) in [5.74, 6) is -0.975. The second-order valence-corrected chi connectivity index (χ2v) is 16.9. The Morgan fingerprint density at radius 2 is 0.677 bits per heavy atom. The molecule has 0 heterocycles. The van der Waals surface area contributed by atoms with Crippen molar-refractivity contribution in [2.45, 2.75) is 219 Å². The molecule has 1 atom stereocenters. The van der Waals surface area contributed by atoms with Gasteiger partial charge in [-0.2, -0.15) is 0 Å². The van der Waals surface area contributed by atoms with E-state index in [1.54, 1.807) is 0 Å². The van der Waals surface area contributed by atoms with Crippen molar-refractivity contribution in [2.75, 3.05) is 13.2 Å². The minimum Gasteiger partial charge on any atom is -0.462 e. The highest BCUT2D eigenvalue weighted by Crippen LogP contribution is 2.13. The molecule has 0 fully saturated rings. The van der Waals surface area contributed by atoms with Crippen LogP contribution >= 0.6 is 0 Å². The summed E-state index contributed by atoms with van der Waals surface area (Å²) in [6, 6.07) is 0. The number of hydrogen-bond donors (Lipinski definition) is 0. The maximum atomic E-state index is 12.8. The quantitative estimate of drug-likeness (QED) is 0.0199. The summed E-state index contributed by atoms with van der Waals surface area (Å²) < 4.78 is 16.7. The summed E-state index contributed by atoms with van der Waals surface area (Å²) in [7, 11) is 0. The van der Waals surface area contributed by atoms with Crippen LogP contribution in [0.3, 0.4) is 0 Å². The van der Waals surface area contributed by atoms with Gasteiger partial charge in [-0.1, -0.05) is 226 Å². The lowest BCUT2D eigenvalue weighted by molar-refractivity contribution is -0.167. The standard InChI is InChI=1S/C59H94O6/c1-4-7-10-13-16-19-22-24-26-28-29-31-32-34-37-40-43-46-49-52-58(61)64-55-56(54-63-57(60)51-48-45-42-39-36-21-18-15-12-9-6-3)65-59(62)53-50-47-44-41-38-35-33-30-27-25-23-20-17-14-11-8-5-2/h7,10,13,15-20,22,24-29,31-32,34,37,56H,4-6,8-9,11-12,14,21,23,30,33,35-36,38-55H2,1-3H3/b10-7-,16-13-,18-15-,20-17-,22-19-,26-24-,27-25-,29-28+,32-31-,37-34-. The number of esters is 3. The highest BCUT2D eigenvalue weighted by atomic mass is 16.6. The van der Waals surface area contributed by atoms with Crippen LogP contribution in [0.1, 0.15) is 213 Å². The molecule has 6 heteroatoms. The molecular formula is C59H94O6. The summed E-state index contributed by atoms with van der Waals surface area (Å²) in [6.07, 6.45) is 71.7. The van der Waals surface area contributed by atoms with Crippen LogP contribution in [-0.2, 0) is 28.6 Å². The van der Waals surface area contributed by atoms with Crippen LogP contribution in [0.15, 0.2) is 122 Å².